The van der Waals surface area contributed by atoms with E-state index in [9.17, 15) is 0 Å². The van der Waals surface area contributed by atoms with Gasteiger partial charge in [0.1, 0.15) is 0 Å². The van der Waals surface area contributed by atoms with E-state index in [1.807, 2.05) is 7.05 Å². The van der Waals surface area contributed by atoms with Gasteiger partial charge in [0.05, 0.1) is 0 Å². The minimum atomic E-state index is 0.975. The smallest absolute Gasteiger partial charge is 0.193 e. The molecule has 1 rings (SSSR count). The standard InChI is InChI=1S/C11H24N4/c1-12-7-5-6-10-15(2)11-13-8-3-4-9-14-11/h12H,3-10H2,1-2H3,(H,13,14). The second-order valence-corrected chi connectivity index (χ2v) is 4.07. The summed E-state index contributed by atoms with van der Waals surface area (Å²) >= 11 is 0. The molecule has 0 amide bonds. The van der Waals surface area contributed by atoms with Gasteiger partial charge in [0.15, 0.2) is 5.96 Å². The van der Waals surface area contributed by atoms with Crippen LogP contribution in [0.3, 0.4) is 0 Å². The molecule has 0 aromatic rings. The lowest BCUT2D eigenvalue weighted by atomic mass is 10.3. The highest BCUT2D eigenvalue weighted by molar-refractivity contribution is 5.79. The van der Waals surface area contributed by atoms with Crippen LogP contribution in [-0.4, -0.2) is 51.1 Å². The zero-order valence-corrected chi connectivity index (χ0v) is 10.1. The molecule has 0 spiro atoms. The minimum Gasteiger partial charge on any atom is -0.356 e. The van der Waals surface area contributed by atoms with Gasteiger partial charge in [-0.3, -0.25) is 4.99 Å². The highest BCUT2D eigenvalue weighted by atomic mass is 15.3. The molecule has 0 bridgehead atoms. The van der Waals surface area contributed by atoms with Crippen molar-refractivity contribution in [1.82, 2.24) is 15.5 Å². The topological polar surface area (TPSA) is 39.7 Å². The third-order valence-corrected chi connectivity index (χ3v) is 2.66. The Labute approximate surface area is 93.1 Å². The van der Waals surface area contributed by atoms with Gasteiger partial charge in [-0.2, -0.15) is 0 Å². The van der Waals surface area contributed by atoms with Crippen LogP contribution in [0.25, 0.3) is 0 Å². The van der Waals surface area contributed by atoms with Gasteiger partial charge in [0, 0.05) is 26.7 Å². The number of rotatable bonds is 5. The molecule has 0 saturated carbocycles. The van der Waals surface area contributed by atoms with Crippen LogP contribution >= 0.6 is 0 Å². The lowest BCUT2D eigenvalue weighted by Crippen LogP contribution is -2.39. The third-order valence-electron chi connectivity index (χ3n) is 2.66. The fourth-order valence-electron chi connectivity index (χ4n) is 1.69. The Morgan fingerprint density at radius 2 is 2.27 bits per heavy atom. The fraction of sp³-hybridized carbons (Fsp3) is 0.909. The van der Waals surface area contributed by atoms with E-state index in [1.165, 1.54) is 25.7 Å². The Kier molecular flexibility index (Phi) is 6.16. The van der Waals surface area contributed by atoms with Crippen LogP contribution in [0.4, 0.5) is 0 Å². The SMILES string of the molecule is CNCCCCN(C)C1=NCCCCN1. The molecule has 2 N–H and O–H groups in total. The molecule has 15 heavy (non-hydrogen) atoms. The summed E-state index contributed by atoms with van der Waals surface area (Å²) in [5.74, 6) is 1.08. The molecule has 0 unspecified atom stereocenters. The molecule has 0 radical (unpaired) electrons. The summed E-state index contributed by atoms with van der Waals surface area (Å²) < 4.78 is 0. The molecule has 0 aromatic heterocycles. The second-order valence-electron chi connectivity index (χ2n) is 4.07. The van der Waals surface area contributed by atoms with Gasteiger partial charge in [-0.05, 0) is 39.3 Å². The molecule has 0 fully saturated rings. The minimum absolute atomic E-state index is 0.975. The molecular weight excluding hydrogens is 188 g/mol. The highest BCUT2D eigenvalue weighted by Crippen LogP contribution is 1.98. The normalized spacial score (nSPS) is 16.5. The van der Waals surface area contributed by atoms with Crippen molar-refractivity contribution in [2.45, 2.75) is 25.7 Å². The van der Waals surface area contributed by atoms with Crippen molar-refractivity contribution in [1.29, 1.82) is 0 Å². The van der Waals surface area contributed by atoms with Crippen LogP contribution in [0.15, 0.2) is 4.99 Å². The van der Waals surface area contributed by atoms with Crippen LogP contribution in [0.1, 0.15) is 25.7 Å². The Bertz CT molecular complexity index is 191. The van der Waals surface area contributed by atoms with Crippen LogP contribution in [0.5, 0.6) is 0 Å². The van der Waals surface area contributed by atoms with Gasteiger partial charge in [0.2, 0.25) is 0 Å². The largest absolute Gasteiger partial charge is 0.356 e. The van der Waals surface area contributed by atoms with E-state index >= 15 is 0 Å². The molecule has 4 heteroatoms. The lowest BCUT2D eigenvalue weighted by Gasteiger charge is -2.21. The van der Waals surface area contributed by atoms with Crippen molar-refractivity contribution in [3.05, 3.63) is 0 Å². The predicted molar refractivity (Wildman–Crippen MR) is 65.3 cm³/mol. The zero-order valence-electron chi connectivity index (χ0n) is 10.1. The van der Waals surface area contributed by atoms with E-state index in [2.05, 4.69) is 27.6 Å². The number of nitrogens with zero attached hydrogens (tertiary/aromatic N) is 2. The Balaban J connectivity index is 2.19. The summed E-state index contributed by atoms with van der Waals surface area (Å²) in [6.45, 7) is 4.24. The maximum absolute atomic E-state index is 4.54. The van der Waals surface area contributed by atoms with Gasteiger partial charge < -0.3 is 15.5 Å². The van der Waals surface area contributed by atoms with Crippen molar-refractivity contribution in [2.75, 3.05) is 40.3 Å². The summed E-state index contributed by atoms with van der Waals surface area (Å²) in [5.41, 5.74) is 0. The monoisotopic (exact) mass is 212 g/mol. The summed E-state index contributed by atoms with van der Waals surface area (Å²) in [4.78, 5) is 6.77. The van der Waals surface area contributed by atoms with Crippen molar-refractivity contribution < 1.29 is 0 Å². The van der Waals surface area contributed by atoms with Gasteiger partial charge in [-0.1, -0.05) is 0 Å². The maximum atomic E-state index is 4.54. The first-order valence-electron chi connectivity index (χ1n) is 5.98. The van der Waals surface area contributed by atoms with Gasteiger partial charge in [0.25, 0.3) is 0 Å². The molecule has 0 aromatic carbocycles. The summed E-state index contributed by atoms with van der Waals surface area (Å²) in [6, 6.07) is 0. The average molecular weight is 212 g/mol. The molecule has 0 aliphatic carbocycles. The molecule has 1 aliphatic heterocycles. The second kappa shape index (κ2) is 7.51. The van der Waals surface area contributed by atoms with Crippen molar-refractivity contribution in [2.24, 2.45) is 4.99 Å². The van der Waals surface area contributed by atoms with Gasteiger partial charge in [-0.15, -0.1) is 0 Å². The predicted octanol–water partition coefficient (Wildman–Crippen LogP) is 0.657. The van der Waals surface area contributed by atoms with E-state index in [1.54, 1.807) is 0 Å². The van der Waals surface area contributed by atoms with E-state index < -0.39 is 0 Å². The summed E-state index contributed by atoms with van der Waals surface area (Å²) in [5, 5.41) is 6.55. The van der Waals surface area contributed by atoms with Crippen molar-refractivity contribution in [3.8, 4) is 0 Å². The van der Waals surface area contributed by atoms with Crippen LogP contribution in [0, 0.1) is 0 Å². The summed E-state index contributed by atoms with van der Waals surface area (Å²) in [7, 11) is 4.12. The molecule has 88 valence electrons. The number of hydrogen-bond acceptors (Lipinski definition) is 4. The summed E-state index contributed by atoms with van der Waals surface area (Å²) in [6.07, 6.45) is 4.90. The third kappa shape index (κ3) is 5.02. The molecule has 0 saturated heterocycles. The first-order valence-corrected chi connectivity index (χ1v) is 5.98. The van der Waals surface area contributed by atoms with Crippen LogP contribution in [0.2, 0.25) is 0 Å². The fourth-order valence-corrected chi connectivity index (χ4v) is 1.69. The zero-order chi connectivity index (χ0) is 10.9. The van der Waals surface area contributed by atoms with Crippen LogP contribution in [-0.2, 0) is 0 Å². The lowest BCUT2D eigenvalue weighted by molar-refractivity contribution is 0.458. The number of unbranched alkanes of at least 4 members (excludes halogenated alkanes) is 1. The first kappa shape index (κ1) is 12.3. The Morgan fingerprint density at radius 3 is 3.07 bits per heavy atom. The molecule has 1 heterocycles. The van der Waals surface area contributed by atoms with Gasteiger partial charge in [-0.25, -0.2) is 0 Å². The number of aliphatic imine (C=N–C) groups is 1. The average Bonchev–Trinajstić information content (AvgIpc) is 2.52. The Hall–Kier alpha value is -0.770. The van der Waals surface area contributed by atoms with E-state index in [0.717, 1.165) is 32.1 Å². The van der Waals surface area contributed by atoms with E-state index in [4.69, 9.17) is 0 Å². The molecule has 1 aliphatic rings. The molecule has 4 nitrogen and oxygen atoms in total. The highest BCUT2D eigenvalue weighted by Gasteiger charge is 2.07. The van der Waals surface area contributed by atoms with E-state index in [0.29, 0.717) is 0 Å². The quantitative estimate of drug-likeness (QED) is 0.658. The number of guanidine groups is 1. The first-order chi connectivity index (χ1) is 7.34. The maximum Gasteiger partial charge on any atom is 0.193 e. The molecule has 0 atom stereocenters. The van der Waals surface area contributed by atoms with E-state index in [-0.39, 0.29) is 0 Å². The van der Waals surface area contributed by atoms with Crippen molar-refractivity contribution in [3.63, 3.8) is 0 Å². The van der Waals surface area contributed by atoms with Crippen molar-refractivity contribution >= 4 is 5.96 Å². The molecular formula is C11H24N4. The van der Waals surface area contributed by atoms with Crippen LogP contribution < -0.4 is 10.6 Å². The Morgan fingerprint density at radius 1 is 1.40 bits per heavy atom. The number of nitrogens with one attached hydrogen (secondary N) is 2. The van der Waals surface area contributed by atoms with Gasteiger partial charge >= 0.3 is 0 Å². The number of hydrogen-bond donors (Lipinski definition) is 2.